The number of anilines is 1. The number of nitrogen functional groups attached to an aromatic ring is 1. The highest BCUT2D eigenvalue weighted by Gasteiger charge is 2.32. The summed E-state index contributed by atoms with van der Waals surface area (Å²) in [4.78, 5) is 19.5. The van der Waals surface area contributed by atoms with E-state index in [1.54, 1.807) is 12.1 Å². The maximum atomic E-state index is 13.4. The molecule has 158 valence electrons. The van der Waals surface area contributed by atoms with Crippen LogP contribution in [0.5, 0.6) is 0 Å². The van der Waals surface area contributed by atoms with Crippen molar-refractivity contribution in [3.8, 4) is 28.5 Å². The average molecular weight is 433 g/mol. The van der Waals surface area contributed by atoms with Gasteiger partial charge in [0.2, 0.25) is 5.95 Å². The van der Waals surface area contributed by atoms with Crippen molar-refractivity contribution in [2.45, 2.75) is 12.6 Å². The molecule has 0 unspecified atom stereocenters. The standard InChI is InChI=1S/C19H12F5N7/c20-17(21)13-5-12(10-1-3-15(26-6-10)19(22,23)24)29-18(30-13)31-8-14(28-9-31)11-2-4-16(25)27-7-11/h1-9,17H,(H2,25,27). The number of nitrogens with zero attached hydrogens (tertiary/aromatic N) is 6. The molecule has 0 aromatic carbocycles. The highest BCUT2D eigenvalue weighted by atomic mass is 19.4. The molecule has 0 spiro atoms. The van der Waals surface area contributed by atoms with E-state index in [-0.39, 0.29) is 17.2 Å². The maximum absolute atomic E-state index is 13.4. The van der Waals surface area contributed by atoms with Gasteiger partial charge < -0.3 is 5.73 Å². The molecule has 0 aliphatic carbocycles. The van der Waals surface area contributed by atoms with Gasteiger partial charge in [-0.25, -0.2) is 28.7 Å². The van der Waals surface area contributed by atoms with Gasteiger partial charge in [0.25, 0.3) is 6.43 Å². The number of alkyl halides is 5. The predicted octanol–water partition coefficient (Wildman–Crippen LogP) is 4.32. The van der Waals surface area contributed by atoms with Crippen molar-refractivity contribution < 1.29 is 22.0 Å². The minimum atomic E-state index is -4.62. The lowest BCUT2D eigenvalue weighted by Crippen LogP contribution is -2.08. The van der Waals surface area contributed by atoms with Crippen LogP contribution in [0.4, 0.5) is 27.8 Å². The zero-order chi connectivity index (χ0) is 22.2. The molecule has 12 heteroatoms. The third-order valence-electron chi connectivity index (χ3n) is 4.20. The highest BCUT2D eigenvalue weighted by Crippen LogP contribution is 2.30. The number of pyridine rings is 2. The van der Waals surface area contributed by atoms with Crippen LogP contribution in [0.25, 0.3) is 28.5 Å². The van der Waals surface area contributed by atoms with Crippen LogP contribution in [0.1, 0.15) is 17.8 Å². The second-order valence-corrected chi connectivity index (χ2v) is 6.35. The summed E-state index contributed by atoms with van der Waals surface area (Å²) in [5.74, 6) is 0.195. The Hall–Kier alpha value is -3.96. The van der Waals surface area contributed by atoms with E-state index in [0.717, 1.165) is 24.4 Å². The van der Waals surface area contributed by atoms with Crippen LogP contribution in [-0.4, -0.2) is 29.5 Å². The van der Waals surface area contributed by atoms with E-state index in [0.29, 0.717) is 17.1 Å². The number of rotatable bonds is 4. The van der Waals surface area contributed by atoms with Gasteiger partial charge in [-0.15, -0.1) is 0 Å². The van der Waals surface area contributed by atoms with E-state index in [1.807, 2.05) is 0 Å². The molecule has 2 N–H and O–H groups in total. The van der Waals surface area contributed by atoms with Crippen molar-refractivity contribution in [1.82, 2.24) is 29.5 Å². The molecule has 0 bridgehead atoms. The molecule has 7 nitrogen and oxygen atoms in total. The first kappa shape index (κ1) is 20.3. The Morgan fingerprint density at radius 1 is 0.871 bits per heavy atom. The van der Waals surface area contributed by atoms with Crippen LogP contribution in [-0.2, 0) is 6.18 Å². The summed E-state index contributed by atoms with van der Waals surface area (Å²) in [6.45, 7) is 0. The summed E-state index contributed by atoms with van der Waals surface area (Å²) in [6, 6.07) is 6.13. The fraction of sp³-hybridized carbons (Fsp3) is 0.105. The summed E-state index contributed by atoms with van der Waals surface area (Å²) < 4.78 is 66.3. The molecule has 0 amide bonds. The first-order chi connectivity index (χ1) is 14.7. The summed E-state index contributed by atoms with van der Waals surface area (Å²) in [7, 11) is 0. The second-order valence-electron chi connectivity index (χ2n) is 6.35. The Bertz CT molecular complexity index is 1200. The molecule has 0 aliphatic rings. The summed E-state index contributed by atoms with van der Waals surface area (Å²) in [5.41, 5.74) is 5.08. The van der Waals surface area contributed by atoms with Crippen molar-refractivity contribution in [1.29, 1.82) is 0 Å². The van der Waals surface area contributed by atoms with Gasteiger partial charge in [0, 0.05) is 29.7 Å². The number of hydrogen-bond acceptors (Lipinski definition) is 6. The number of hydrogen-bond donors (Lipinski definition) is 1. The molecule has 4 heterocycles. The Kier molecular flexibility index (Phi) is 5.05. The SMILES string of the molecule is Nc1ccc(-c2cn(-c3nc(-c4ccc(C(F)(F)F)nc4)cc(C(F)F)n3)cn2)cn1. The molecule has 0 radical (unpaired) electrons. The third kappa shape index (κ3) is 4.32. The molecule has 4 rings (SSSR count). The van der Waals surface area contributed by atoms with Gasteiger partial charge in [0.15, 0.2) is 0 Å². The van der Waals surface area contributed by atoms with Crippen LogP contribution in [0, 0.1) is 0 Å². The Morgan fingerprint density at radius 3 is 2.19 bits per heavy atom. The van der Waals surface area contributed by atoms with Crippen LogP contribution >= 0.6 is 0 Å². The van der Waals surface area contributed by atoms with E-state index >= 15 is 0 Å². The van der Waals surface area contributed by atoms with Crippen molar-refractivity contribution in [2.24, 2.45) is 0 Å². The first-order valence-electron chi connectivity index (χ1n) is 8.68. The normalized spacial score (nSPS) is 11.8. The average Bonchev–Trinajstić information content (AvgIpc) is 3.24. The molecule has 4 aromatic rings. The lowest BCUT2D eigenvalue weighted by Gasteiger charge is -2.09. The minimum absolute atomic E-state index is 0.00840. The Balaban J connectivity index is 1.74. The van der Waals surface area contributed by atoms with E-state index in [2.05, 4.69) is 24.9 Å². The summed E-state index contributed by atoms with van der Waals surface area (Å²) in [5, 5.41) is 0. The molecule has 0 saturated carbocycles. The van der Waals surface area contributed by atoms with E-state index in [4.69, 9.17) is 5.73 Å². The molecule has 31 heavy (non-hydrogen) atoms. The fourth-order valence-corrected chi connectivity index (χ4v) is 2.68. The zero-order valence-corrected chi connectivity index (χ0v) is 15.4. The van der Waals surface area contributed by atoms with Gasteiger partial charge >= 0.3 is 6.18 Å². The molecule has 0 saturated heterocycles. The Labute approximate surface area is 171 Å². The van der Waals surface area contributed by atoms with Gasteiger partial charge in [-0.2, -0.15) is 13.2 Å². The quantitative estimate of drug-likeness (QED) is 0.482. The largest absolute Gasteiger partial charge is 0.433 e. The fourth-order valence-electron chi connectivity index (χ4n) is 2.68. The Morgan fingerprint density at radius 2 is 1.58 bits per heavy atom. The maximum Gasteiger partial charge on any atom is 0.433 e. The van der Waals surface area contributed by atoms with Gasteiger partial charge in [-0.1, -0.05) is 0 Å². The molecule has 0 aliphatic heterocycles. The van der Waals surface area contributed by atoms with Crippen LogP contribution in [0.3, 0.4) is 0 Å². The molecule has 0 atom stereocenters. The zero-order valence-electron chi connectivity index (χ0n) is 15.4. The lowest BCUT2D eigenvalue weighted by molar-refractivity contribution is -0.141. The van der Waals surface area contributed by atoms with E-state index < -0.39 is 24.0 Å². The van der Waals surface area contributed by atoms with Crippen molar-refractivity contribution in [3.63, 3.8) is 0 Å². The second kappa shape index (κ2) is 7.70. The van der Waals surface area contributed by atoms with E-state index in [9.17, 15) is 22.0 Å². The smallest absolute Gasteiger partial charge is 0.384 e. The van der Waals surface area contributed by atoms with Crippen molar-refractivity contribution in [2.75, 3.05) is 5.73 Å². The van der Waals surface area contributed by atoms with Crippen molar-refractivity contribution in [3.05, 3.63) is 66.6 Å². The van der Waals surface area contributed by atoms with Crippen LogP contribution in [0.2, 0.25) is 0 Å². The van der Waals surface area contributed by atoms with Crippen LogP contribution < -0.4 is 5.73 Å². The minimum Gasteiger partial charge on any atom is -0.384 e. The number of imidazole rings is 1. The van der Waals surface area contributed by atoms with Crippen molar-refractivity contribution >= 4 is 5.82 Å². The van der Waals surface area contributed by atoms with Gasteiger partial charge in [-0.05, 0) is 30.3 Å². The van der Waals surface area contributed by atoms with Gasteiger partial charge in [0.1, 0.15) is 23.5 Å². The topological polar surface area (TPSA) is 95.4 Å². The third-order valence-corrected chi connectivity index (χ3v) is 4.20. The number of aromatic nitrogens is 6. The first-order valence-corrected chi connectivity index (χ1v) is 8.68. The highest BCUT2D eigenvalue weighted by molar-refractivity contribution is 5.61. The van der Waals surface area contributed by atoms with E-state index in [1.165, 1.54) is 23.3 Å². The molecule has 0 fully saturated rings. The number of halogens is 5. The lowest BCUT2D eigenvalue weighted by atomic mass is 10.1. The monoisotopic (exact) mass is 433 g/mol. The number of nitrogens with two attached hydrogens (primary N) is 1. The summed E-state index contributed by atoms with van der Waals surface area (Å²) >= 11 is 0. The molecule has 4 aromatic heterocycles. The molecular formula is C19H12F5N7. The predicted molar refractivity (Wildman–Crippen MR) is 100.0 cm³/mol. The molecular weight excluding hydrogens is 421 g/mol. The van der Waals surface area contributed by atoms with Gasteiger partial charge in [-0.3, -0.25) is 9.55 Å². The van der Waals surface area contributed by atoms with Crippen LogP contribution in [0.15, 0.2) is 55.2 Å². The summed E-state index contributed by atoms with van der Waals surface area (Å²) in [6.07, 6.45) is -2.29. The van der Waals surface area contributed by atoms with Gasteiger partial charge in [0.05, 0.1) is 11.4 Å².